The lowest BCUT2D eigenvalue weighted by Crippen LogP contribution is -2.55. The lowest BCUT2D eigenvalue weighted by molar-refractivity contribution is -0.125. The Labute approximate surface area is 147 Å². The predicted molar refractivity (Wildman–Crippen MR) is 96.7 cm³/mol. The number of rotatable bonds is 4. The number of anilines is 1. The normalized spacial score (nSPS) is 18.7. The lowest BCUT2D eigenvalue weighted by atomic mass is 10.1. The highest BCUT2D eigenvalue weighted by atomic mass is 35.5. The summed E-state index contributed by atoms with van der Waals surface area (Å²) in [6.45, 7) is 4.16. The number of hydrogen-bond donors (Lipinski definition) is 0. The van der Waals surface area contributed by atoms with Gasteiger partial charge in [0, 0.05) is 30.3 Å². The van der Waals surface area contributed by atoms with Crippen molar-refractivity contribution in [3.8, 4) is 5.75 Å². The summed E-state index contributed by atoms with van der Waals surface area (Å²) in [7, 11) is 1.66. The Kier molecular flexibility index (Phi) is 5.07. The molecule has 0 spiro atoms. The van der Waals surface area contributed by atoms with E-state index in [1.165, 1.54) is 0 Å². The Morgan fingerprint density at radius 2 is 1.96 bits per heavy atom. The molecule has 0 bridgehead atoms. The van der Waals surface area contributed by atoms with Crippen LogP contribution in [0.4, 0.5) is 5.69 Å². The molecule has 2 aromatic carbocycles. The fourth-order valence-electron chi connectivity index (χ4n) is 3.04. The van der Waals surface area contributed by atoms with Crippen LogP contribution in [-0.4, -0.2) is 37.0 Å². The van der Waals surface area contributed by atoms with Crippen molar-refractivity contribution in [2.24, 2.45) is 0 Å². The van der Waals surface area contributed by atoms with Crippen LogP contribution in [0, 0.1) is 0 Å². The van der Waals surface area contributed by atoms with Crippen molar-refractivity contribution >= 4 is 23.2 Å². The van der Waals surface area contributed by atoms with Gasteiger partial charge >= 0.3 is 0 Å². The molecule has 24 heavy (non-hydrogen) atoms. The Bertz CT molecular complexity index is 735. The van der Waals surface area contributed by atoms with Gasteiger partial charge in [-0.25, -0.2) is 0 Å². The number of piperazine rings is 1. The molecular weight excluding hydrogens is 324 g/mol. The van der Waals surface area contributed by atoms with Gasteiger partial charge in [0.15, 0.2) is 0 Å². The standard InChI is InChI=1S/C19H21ClN2O2/c1-14-19(23)22(17-7-4-6-16(20)12-17)10-9-21(14)13-15-5-3-8-18(11-15)24-2/h3-8,11-12,14H,9-10,13H2,1-2H3. The number of ether oxygens (including phenoxy) is 1. The van der Waals surface area contributed by atoms with E-state index < -0.39 is 0 Å². The van der Waals surface area contributed by atoms with Crippen molar-refractivity contribution < 1.29 is 9.53 Å². The summed E-state index contributed by atoms with van der Waals surface area (Å²) in [5.74, 6) is 0.940. The highest BCUT2D eigenvalue weighted by Crippen LogP contribution is 2.24. The molecule has 0 aromatic heterocycles. The summed E-state index contributed by atoms with van der Waals surface area (Å²) < 4.78 is 5.27. The number of carbonyl (C=O) groups is 1. The summed E-state index contributed by atoms with van der Waals surface area (Å²) in [6.07, 6.45) is 0. The zero-order valence-electron chi connectivity index (χ0n) is 13.9. The summed E-state index contributed by atoms with van der Waals surface area (Å²) in [5.41, 5.74) is 2.01. The zero-order valence-corrected chi connectivity index (χ0v) is 14.7. The van der Waals surface area contributed by atoms with Gasteiger partial charge in [-0.3, -0.25) is 9.69 Å². The second kappa shape index (κ2) is 7.24. The van der Waals surface area contributed by atoms with Gasteiger partial charge in [0.05, 0.1) is 13.2 Å². The van der Waals surface area contributed by atoms with Gasteiger partial charge in [0.25, 0.3) is 0 Å². The molecule has 0 radical (unpaired) electrons. The van der Waals surface area contributed by atoms with Gasteiger partial charge < -0.3 is 9.64 Å². The monoisotopic (exact) mass is 344 g/mol. The van der Waals surface area contributed by atoms with Crippen molar-refractivity contribution in [2.75, 3.05) is 25.1 Å². The fraction of sp³-hybridized carbons (Fsp3) is 0.316. The molecule has 1 aliphatic heterocycles. The molecular formula is C19H21ClN2O2. The highest BCUT2D eigenvalue weighted by molar-refractivity contribution is 6.30. The van der Waals surface area contributed by atoms with Crippen LogP contribution in [0.2, 0.25) is 5.02 Å². The molecule has 0 saturated carbocycles. The Morgan fingerprint density at radius 3 is 2.71 bits per heavy atom. The number of halogens is 1. The smallest absolute Gasteiger partial charge is 0.244 e. The van der Waals surface area contributed by atoms with E-state index in [0.717, 1.165) is 30.1 Å². The zero-order chi connectivity index (χ0) is 17.1. The molecule has 4 nitrogen and oxygen atoms in total. The minimum Gasteiger partial charge on any atom is -0.497 e. The van der Waals surface area contributed by atoms with E-state index in [0.29, 0.717) is 11.6 Å². The minimum absolute atomic E-state index is 0.103. The predicted octanol–water partition coefficient (Wildman–Crippen LogP) is 3.59. The molecule has 0 aliphatic carbocycles. The maximum absolute atomic E-state index is 12.8. The number of hydrogen-bond acceptors (Lipinski definition) is 3. The van der Waals surface area contributed by atoms with E-state index in [4.69, 9.17) is 16.3 Å². The summed E-state index contributed by atoms with van der Waals surface area (Å²) in [4.78, 5) is 16.8. The van der Waals surface area contributed by atoms with Crippen molar-refractivity contribution in [2.45, 2.75) is 19.5 Å². The molecule has 5 heteroatoms. The fourth-order valence-corrected chi connectivity index (χ4v) is 3.22. The van der Waals surface area contributed by atoms with Crippen LogP contribution in [-0.2, 0) is 11.3 Å². The van der Waals surface area contributed by atoms with E-state index in [2.05, 4.69) is 11.0 Å². The SMILES string of the molecule is COc1cccc(CN2CCN(c3cccc(Cl)c3)C(=O)C2C)c1. The average Bonchev–Trinajstić information content (AvgIpc) is 2.59. The van der Waals surface area contributed by atoms with Gasteiger partial charge in [-0.05, 0) is 42.8 Å². The molecule has 1 fully saturated rings. The molecule has 1 unspecified atom stereocenters. The summed E-state index contributed by atoms with van der Waals surface area (Å²) in [6, 6.07) is 15.2. The van der Waals surface area contributed by atoms with Crippen LogP contribution in [0.1, 0.15) is 12.5 Å². The van der Waals surface area contributed by atoms with Gasteiger partial charge in [0.1, 0.15) is 5.75 Å². The largest absolute Gasteiger partial charge is 0.497 e. The number of amides is 1. The molecule has 2 aromatic rings. The Balaban J connectivity index is 1.72. The first-order valence-corrected chi connectivity index (χ1v) is 8.40. The Hall–Kier alpha value is -2.04. The Morgan fingerprint density at radius 1 is 1.17 bits per heavy atom. The maximum Gasteiger partial charge on any atom is 0.244 e. The van der Waals surface area contributed by atoms with Gasteiger partial charge in [0.2, 0.25) is 5.91 Å². The van der Waals surface area contributed by atoms with Crippen LogP contribution >= 0.6 is 11.6 Å². The second-order valence-electron chi connectivity index (χ2n) is 5.97. The maximum atomic E-state index is 12.8. The van der Waals surface area contributed by atoms with Crippen molar-refractivity contribution in [1.82, 2.24) is 4.90 Å². The van der Waals surface area contributed by atoms with Crippen molar-refractivity contribution in [3.05, 3.63) is 59.1 Å². The molecule has 0 N–H and O–H groups in total. The molecule has 1 amide bonds. The summed E-state index contributed by atoms with van der Waals surface area (Å²) >= 11 is 6.05. The lowest BCUT2D eigenvalue weighted by Gasteiger charge is -2.39. The van der Waals surface area contributed by atoms with Gasteiger partial charge in [-0.2, -0.15) is 0 Å². The molecule has 126 valence electrons. The minimum atomic E-state index is -0.177. The number of nitrogens with zero attached hydrogens (tertiary/aromatic N) is 2. The van der Waals surface area contributed by atoms with Crippen LogP contribution < -0.4 is 9.64 Å². The van der Waals surface area contributed by atoms with Crippen LogP contribution in [0.3, 0.4) is 0 Å². The molecule has 1 saturated heterocycles. The first-order chi connectivity index (χ1) is 11.6. The van der Waals surface area contributed by atoms with E-state index >= 15 is 0 Å². The number of methoxy groups -OCH3 is 1. The molecule has 1 heterocycles. The van der Waals surface area contributed by atoms with Crippen LogP contribution in [0.5, 0.6) is 5.75 Å². The topological polar surface area (TPSA) is 32.8 Å². The second-order valence-corrected chi connectivity index (χ2v) is 6.40. The molecule has 3 rings (SSSR count). The third kappa shape index (κ3) is 3.55. The first-order valence-electron chi connectivity index (χ1n) is 8.02. The van der Waals surface area contributed by atoms with Gasteiger partial charge in [-0.15, -0.1) is 0 Å². The number of benzene rings is 2. The van der Waals surface area contributed by atoms with E-state index in [1.807, 2.05) is 54.3 Å². The first kappa shape index (κ1) is 16.8. The van der Waals surface area contributed by atoms with E-state index in [-0.39, 0.29) is 11.9 Å². The third-order valence-electron chi connectivity index (χ3n) is 4.42. The quantitative estimate of drug-likeness (QED) is 0.849. The van der Waals surface area contributed by atoms with Crippen molar-refractivity contribution in [3.63, 3.8) is 0 Å². The van der Waals surface area contributed by atoms with E-state index in [9.17, 15) is 4.79 Å². The van der Waals surface area contributed by atoms with Crippen molar-refractivity contribution in [1.29, 1.82) is 0 Å². The van der Waals surface area contributed by atoms with Crippen LogP contribution in [0.15, 0.2) is 48.5 Å². The van der Waals surface area contributed by atoms with Gasteiger partial charge in [-0.1, -0.05) is 29.8 Å². The summed E-state index contributed by atoms with van der Waals surface area (Å²) in [5, 5.41) is 0.645. The average molecular weight is 345 g/mol. The highest BCUT2D eigenvalue weighted by Gasteiger charge is 2.32. The number of carbonyl (C=O) groups excluding carboxylic acids is 1. The molecule has 1 aliphatic rings. The van der Waals surface area contributed by atoms with E-state index in [1.54, 1.807) is 7.11 Å². The molecule has 1 atom stereocenters. The van der Waals surface area contributed by atoms with Crippen LogP contribution in [0.25, 0.3) is 0 Å². The third-order valence-corrected chi connectivity index (χ3v) is 4.66.